The molecular weight excluding hydrogens is 380 g/mol. The fraction of sp³-hybridized carbons (Fsp3) is 0.120. The van der Waals surface area contributed by atoms with Gasteiger partial charge in [-0.05, 0) is 28.7 Å². The Bertz CT molecular complexity index is 859. The summed E-state index contributed by atoms with van der Waals surface area (Å²) < 4.78 is 1.12. The molecule has 0 heterocycles. The highest BCUT2D eigenvalue weighted by atomic mass is 79.9. The summed E-state index contributed by atoms with van der Waals surface area (Å²) in [7, 11) is 0. The highest BCUT2D eigenvalue weighted by molar-refractivity contribution is 9.15. The van der Waals surface area contributed by atoms with Crippen molar-refractivity contribution in [2.24, 2.45) is 0 Å². The molecule has 1 heteroatoms. The summed E-state index contributed by atoms with van der Waals surface area (Å²) in [5.74, 6) is 0.205. The lowest BCUT2D eigenvalue weighted by atomic mass is 9.96. The number of hydrogen-bond acceptors (Lipinski definition) is 0. The van der Waals surface area contributed by atoms with E-state index in [-0.39, 0.29) is 5.92 Å². The molecule has 0 radical (unpaired) electrons. The molecule has 0 amide bonds. The highest BCUT2D eigenvalue weighted by Gasteiger charge is 2.07. The predicted octanol–water partition coefficient (Wildman–Crippen LogP) is 7.48. The predicted molar refractivity (Wildman–Crippen MR) is 117 cm³/mol. The molecule has 1 unspecified atom stereocenters. The van der Waals surface area contributed by atoms with Crippen LogP contribution in [0.4, 0.5) is 0 Å². The first-order valence-electron chi connectivity index (χ1n) is 9.01. The molecule has 0 saturated carbocycles. The Morgan fingerprint density at radius 2 is 1.46 bits per heavy atom. The van der Waals surface area contributed by atoms with Gasteiger partial charge in [0.25, 0.3) is 0 Å². The van der Waals surface area contributed by atoms with Crippen LogP contribution in [0.1, 0.15) is 35.1 Å². The molecule has 26 heavy (non-hydrogen) atoms. The largest absolute Gasteiger partial charge is 0.0726 e. The summed E-state index contributed by atoms with van der Waals surface area (Å²) in [6.07, 6.45) is 7.78. The topological polar surface area (TPSA) is 0 Å². The quantitative estimate of drug-likeness (QED) is 0.400. The molecule has 0 saturated heterocycles. The third kappa shape index (κ3) is 5.06. The van der Waals surface area contributed by atoms with E-state index in [1.165, 1.54) is 22.3 Å². The summed E-state index contributed by atoms with van der Waals surface area (Å²) in [5, 5.41) is 0. The van der Waals surface area contributed by atoms with Gasteiger partial charge in [-0.15, -0.1) is 0 Å². The zero-order valence-corrected chi connectivity index (χ0v) is 16.6. The van der Waals surface area contributed by atoms with Gasteiger partial charge in [0, 0.05) is 10.4 Å². The van der Waals surface area contributed by atoms with E-state index in [9.17, 15) is 0 Å². The van der Waals surface area contributed by atoms with Gasteiger partial charge in [-0.2, -0.15) is 0 Å². The van der Waals surface area contributed by atoms with Gasteiger partial charge in [-0.1, -0.05) is 126 Å². The summed E-state index contributed by atoms with van der Waals surface area (Å²) in [5.41, 5.74) is 5.06. The summed E-state index contributed by atoms with van der Waals surface area (Å²) >= 11 is 3.78. The van der Waals surface area contributed by atoms with Crippen molar-refractivity contribution in [3.8, 4) is 0 Å². The first-order valence-corrected chi connectivity index (χ1v) is 9.80. The van der Waals surface area contributed by atoms with E-state index < -0.39 is 0 Å². The van der Waals surface area contributed by atoms with Crippen molar-refractivity contribution in [2.75, 3.05) is 0 Å². The Hall–Kier alpha value is -2.38. The normalized spacial score (nSPS) is 13.1. The van der Waals surface area contributed by atoms with E-state index in [0.717, 1.165) is 10.9 Å². The molecule has 0 spiro atoms. The van der Waals surface area contributed by atoms with Crippen LogP contribution in [0.2, 0.25) is 0 Å². The van der Waals surface area contributed by atoms with Crippen molar-refractivity contribution in [3.63, 3.8) is 0 Å². The lowest BCUT2D eigenvalue weighted by molar-refractivity contribution is 1.09. The van der Waals surface area contributed by atoms with Crippen molar-refractivity contribution in [1.82, 2.24) is 0 Å². The van der Waals surface area contributed by atoms with Gasteiger partial charge in [0.2, 0.25) is 0 Å². The Labute approximate surface area is 165 Å². The lowest BCUT2D eigenvalue weighted by Crippen LogP contribution is -1.92. The van der Waals surface area contributed by atoms with Gasteiger partial charge in [0.15, 0.2) is 0 Å². The third-order valence-electron chi connectivity index (χ3n) is 4.44. The van der Waals surface area contributed by atoms with Crippen molar-refractivity contribution >= 4 is 26.5 Å². The minimum Gasteiger partial charge on any atom is -0.0726 e. The Kier molecular flexibility index (Phi) is 6.62. The number of allylic oxidation sites excluding steroid dienone is 2. The van der Waals surface area contributed by atoms with E-state index in [4.69, 9.17) is 0 Å². The maximum atomic E-state index is 3.78. The summed E-state index contributed by atoms with van der Waals surface area (Å²) in [6, 6.07) is 29.8. The second kappa shape index (κ2) is 9.35. The first kappa shape index (κ1) is 18.4. The minimum absolute atomic E-state index is 0.205. The number of hydrogen-bond donors (Lipinski definition) is 0. The number of benzene rings is 3. The van der Waals surface area contributed by atoms with Gasteiger partial charge in [-0.25, -0.2) is 0 Å². The Balaban J connectivity index is 1.90. The Morgan fingerprint density at radius 1 is 0.846 bits per heavy atom. The number of halogens is 1. The molecule has 1 atom stereocenters. The van der Waals surface area contributed by atoms with Gasteiger partial charge in [0.1, 0.15) is 0 Å². The van der Waals surface area contributed by atoms with Crippen molar-refractivity contribution < 1.29 is 0 Å². The van der Waals surface area contributed by atoms with E-state index in [1.807, 2.05) is 6.07 Å². The van der Waals surface area contributed by atoms with Gasteiger partial charge in [-0.3, -0.25) is 0 Å². The molecule has 0 nitrogen and oxygen atoms in total. The van der Waals surface area contributed by atoms with Crippen molar-refractivity contribution in [1.29, 1.82) is 0 Å². The second-order valence-electron chi connectivity index (χ2n) is 6.27. The van der Waals surface area contributed by atoms with Crippen LogP contribution < -0.4 is 0 Å². The molecule has 0 aromatic heterocycles. The molecule has 0 aliphatic carbocycles. The van der Waals surface area contributed by atoms with Crippen LogP contribution in [0.5, 0.6) is 0 Å². The summed E-state index contributed by atoms with van der Waals surface area (Å²) in [6.45, 7) is 2.18. The zero-order valence-electron chi connectivity index (χ0n) is 15.0. The molecule has 0 aliphatic rings. The molecule has 3 rings (SSSR count). The van der Waals surface area contributed by atoms with Crippen LogP contribution in [0.3, 0.4) is 0 Å². The van der Waals surface area contributed by atoms with E-state index in [1.54, 1.807) is 0 Å². The van der Waals surface area contributed by atoms with Gasteiger partial charge in [0.05, 0.1) is 0 Å². The molecular formula is C25H23Br. The maximum absolute atomic E-state index is 3.78. The van der Waals surface area contributed by atoms with Crippen LogP contribution >= 0.6 is 15.9 Å². The molecule has 130 valence electrons. The highest BCUT2D eigenvalue weighted by Crippen LogP contribution is 2.29. The first-order chi connectivity index (χ1) is 12.8. The smallest absolute Gasteiger partial charge is 0.0217 e. The maximum Gasteiger partial charge on any atom is 0.0217 e. The number of rotatable bonds is 6. The average molecular weight is 403 g/mol. The molecule has 0 aliphatic heterocycles. The van der Waals surface area contributed by atoms with Crippen molar-refractivity contribution in [3.05, 3.63) is 119 Å². The SMILES string of the molecule is CCc1ccc(/C(Br)=C\C(/C=C/c2ccccc2)c2ccccc2)cc1. The third-order valence-corrected chi connectivity index (χ3v) is 5.17. The van der Waals surface area contributed by atoms with E-state index in [0.29, 0.717) is 0 Å². The van der Waals surface area contributed by atoms with Gasteiger partial charge < -0.3 is 0 Å². The van der Waals surface area contributed by atoms with Gasteiger partial charge >= 0.3 is 0 Å². The molecule has 0 fully saturated rings. The zero-order chi connectivity index (χ0) is 18.2. The molecule has 3 aromatic rings. The van der Waals surface area contributed by atoms with E-state index in [2.05, 4.69) is 120 Å². The van der Waals surface area contributed by atoms with E-state index >= 15 is 0 Å². The fourth-order valence-corrected chi connectivity index (χ4v) is 3.42. The Morgan fingerprint density at radius 3 is 2.08 bits per heavy atom. The second-order valence-corrected chi connectivity index (χ2v) is 7.13. The molecule has 0 N–H and O–H groups in total. The summed E-state index contributed by atoms with van der Waals surface area (Å²) in [4.78, 5) is 0. The number of aryl methyl sites for hydroxylation is 1. The van der Waals surface area contributed by atoms with Crippen LogP contribution in [-0.2, 0) is 6.42 Å². The fourth-order valence-electron chi connectivity index (χ4n) is 2.87. The standard InChI is InChI=1S/C25H23Br/c1-2-20-13-16-23(17-14-20)25(26)19-24(22-11-7-4-8-12-22)18-15-21-9-5-3-6-10-21/h3-19,24H,2H2,1H3/b18-15+,25-19+. The van der Waals surface area contributed by atoms with Crippen LogP contribution in [0.15, 0.2) is 97.1 Å². The van der Waals surface area contributed by atoms with Crippen LogP contribution in [0, 0.1) is 0 Å². The monoisotopic (exact) mass is 402 g/mol. The van der Waals surface area contributed by atoms with Crippen LogP contribution in [0.25, 0.3) is 10.6 Å². The minimum atomic E-state index is 0.205. The average Bonchev–Trinajstić information content (AvgIpc) is 2.72. The molecule has 0 bridgehead atoms. The van der Waals surface area contributed by atoms with Crippen LogP contribution in [-0.4, -0.2) is 0 Å². The van der Waals surface area contributed by atoms with Crippen molar-refractivity contribution in [2.45, 2.75) is 19.3 Å². The molecule has 3 aromatic carbocycles. The lowest BCUT2D eigenvalue weighted by Gasteiger charge is -2.11.